The summed E-state index contributed by atoms with van der Waals surface area (Å²) >= 11 is 6.74. The average molecular weight is 364 g/mol. The fraction of sp³-hybridized carbons (Fsp3) is 0.444. The number of benzene rings is 1. The van der Waals surface area contributed by atoms with Crippen molar-refractivity contribution in [3.63, 3.8) is 0 Å². The Morgan fingerprint density at radius 1 is 1.46 bits per heavy atom. The first-order chi connectivity index (χ1) is 11.7. The van der Waals surface area contributed by atoms with Crippen LogP contribution >= 0.6 is 24.0 Å². The largest absolute Gasteiger partial charge is 0.493 e. The quantitative estimate of drug-likeness (QED) is 0.567. The van der Waals surface area contributed by atoms with Crippen molar-refractivity contribution in [2.75, 3.05) is 19.8 Å². The van der Waals surface area contributed by atoms with Crippen LogP contribution in [0.15, 0.2) is 29.2 Å². The van der Waals surface area contributed by atoms with E-state index < -0.39 is 0 Å². The van der Waals surface area contributed by atoms with Crippen LogP contribution in [0.4, 0.5) is 0 Å². The zero-order valence-electron chi connectivity index (χ0n) is 13.7. The second-order valence-electron chi connectivity index (χ2n) is 5.81. The molecule has 128 valence electrons. The molecule has 0 unspecified atom stereocenters. The molecule has 0 N–H and O–H groups in total. The molecule has 1 atom stereocenters. The first-order valence-electron chi connectivity index (χ1n) is 8.28. The molecule has 0 saturated carbocycles. The van der Waals surface area contributed by atoms with Gasteiger partial charge in [-0.2, -0.15) is 0 Å². The van der Waals surface area contributed by atoms with Gasteiger partial charge in [-0.05, 0) is 31.4 Å². The summed E-state index contributed by atoms with van der Waals surface area (Å²) in [5.41, 5.74) is 0.906. The number of ether oxygens (including phenoxy) is 2. The van der Waals surface area contributed by atoms with Crippen LogP contribution in [-0.4, -0.2) is 41.0 Å². The molecule has 1 aromatic rings. The Balaban J connectivity index is 1.76. The van der Waals surface area contributed by atoms with E-state index in [0.29, 0.717) is 22.4 Å². The maximum absolute atomic E-state index is 12.7. The summed E-state index contributed by atoms with van der Waals surface area (Å²) in [4.78, 5) is 15.0. The molecule has 2 saturated heterocycles. The maximum Gasteiger partial charge on any atom is 0.266 e. The summed E-state index contributed by atoms with van der Waals surface area (Å²) in [5.74, 6) is 0.759. The minimum atomic E-state index is -0.0363. The number of thiocarbonyl (C=S) groups is 1. The average Bonchev–Trinajstić information content (AvgIpc) is 3.18. The zero-order valence-corrected chi connectivity index (χ0v) is 15.3. The molecule has 2 aliphatic heterocycles. The number of rotatable bonds is 6. The van der Waals surface area contributed by atoms with Crippen molar-refractivity contribution < 1.29 is 14.3 Å². The Kier molecular flexibility index (Phi) is 5.92. The van der Waals surface area contributed by atoms with E-state index in [4.69, 9.17) is 21.7 Å². The van der Waals surface area contributed by atoms with Crippen molar-refractivity contribution in [3.05, 3.63) is 34.7 Å². The van der Waals surface area contributed by atoms with Gasteiger partial charge >= 0.3 is 0 Å². The van der Waals surface area contributed by atoms with E-state index >= 15 is 0 Å². The van der Waals surface area contributed by atoms with E-state index in [1.807, 2.05) is 30.3 Å². The first-order valence-corrected chi connectivity index (χ1v) is 9.50. The third kappa shape index (κ3) is 3.99. The van der Waals surface area contributed by atoms with Crippen molar-refractivity contribution in [1.82, 2.24) is 4.90 Å². The number of amides is 1. The minimum Gasteiger partial charge on any atom is -0.493 e. The summed E-state index contributed by atoms with van der Waals surface area (Å²) in [6.45, 7) is 4.05. The molecule has 0 aliphatic carbocycles. The lowest BCUT2D eigenvalue weighted by atomic mass is 10.2. The van der Waals surface area contributed by atoms with Crippen LogP contribution < -0.4 is 4.74 Å². The fourth-order valence-corrected chi connectivity index (χ4v) is 4.00. The van der Waals surface area contributed by atoms with Crippen molar-refractivity contribution >= 4 is 40.3 Å². The van der Waals surface area contributed by atoms with Crippen LogP contribution in [-0.2, 0) is 9.53 Å². The van der Waals surface area contributed by atoms with E-state index in [1.54, 1.807) is 4.90 Å². The van der Waals surface area contributed by atoms with E-state index in [9.17, 15) is 4.79 Å². The molecule has 1 amide bonds. The van der Waals surface area contributed by atoms with E-state index in [2.05, 4.69) is 6.92 Å². The van der Waals surface area contributed by atoms with Gasteiger partial charge in [0.1, 0.15) is 10.1 Å². The number of nitrogens with zero attached hydrogens (tertiary/aromatic N) is 1. The lowest BCUT2D eigenvalue weighted by molar-refractivity contribution is -0.123. The van der Waals surface area contributed by atoms with Crippen molar-refractivity contribution in [3.8, 4) is 5.75 Å². The van der Waals surface area contributed by atoms with E-state index in [1.165, 1.54) is 11.8 Å². The number of carbonyl (C=O) groups excluding carboxylic acids is 1. The van der Waals surface area contributed by atoms with Gasteiger partial charge in [-0.1, -0.05) is 49.1 Å². The predicted molar refractivity (Wildman–Crippen MR) is 101 cm³/mol. The molecule has 4 nitrogen and oxygen atoms in total. The normalized spacial score (nSPS) is 22.6. The third-order valence-electron chi connectivity index (χ3n) is 3.95. The maximum atomic E-state index is 12.7. The molecular weight excluding hydrogens is 342 g/mol. The van der Waals surface area contributed by atoms with Crippen molar-refractivity contribution in [1.29, 1.82) is 0 Å². The zero-order chi connectivity index (χ0) is 16.9. The standard InChI is InChI=1S/C18H21NO3S2/c1-2-9-22-15-8-4-3-6-13(15)11-16-17(20)19(18(23)24-16)12-14-7-5-10-21-14/h3-4,6,8,11,14H,2,5,7,9-10,12H2,1H3/b16-11-/t14-/m1/s1. The number of hydrogen-bond donors (Lipinski definition) is 0. The van der Waals surface area contributed by atoms with Gasteiger partial charge < -0.3 is 9.47 Å². The molecule has 1 aromatic carbocycles. The Labute approximate surface area is 152 Å². The lowest BCUT2D eigenvalue weighted by Gasteiger charge is -2.18. The molecule has 0 radical (unpaired) electrons. The van der Waals surface area contributed by atoms with Crippen LogP contribution in [0.1, 0.15) is 31.7 Å². The molecular formula is C18H21NO3S2. The Morgan fingerprint density at radius 3 is 3.04 bits per heavy atom. The molecule has 24 heavy (non-hydrogen) atoms. The molecule has 3 rings (SSSR count). The monoisotopic (exact) mass is 363 g/mol. The van der Waals surface area contributed by atoms with Crippen LogP contribution in [0, 0.1) is 0 Å². The number of thioether (sulfide) groups is 1. The second-order valence-corrected chi connectivity index (χ2v) is 7.49. The Hall–Kier alpha value is -1.37. The van der Waals surface area contributed by atoms with Gasteiger partial charge in [-0.25, -0.2) is 0 Å². The van der Waals surface area contributed by atoms with E-state index in [0.717, 1.165) is 37.2 Å². The molecule has 0 spiro atoms. The van der Waals surface area contributed by atoms with Crippen LogP contribution in [0.2, 0.25) is 0 Å². The summed E-state index contributed by atoms with van der Waals surface area (Å²) in [5, 5.41) is 0. The van der Waals surface area contributed by atoms with Crippen molar-refractivity contribution in [2.24, 2.45) is 0 Å². The van der Waals surface area contributed by atoms with E-state index in [-0.39, 0.29) is 12.0 Å². The van der Waals surface area contributed by atoms with Crippen LogP contribution in [0.5, 0.6) is 5.75 Å². The Bertz CT molecular complexity index is 653. The van der Waals surface area contributed by atoms with Gasteiger partial charge in [0.2, 0.25) is 0 Å². The van der Waals surface area contributed by atoms with Gasteiger partial charge in [-0.15, -0.1) is 0 Å². The Morgan fingerprint density at radius 2 is 2.29 bits per heavy atom. The SMILES string of the molecule is CCCOc1ccccc1/C=C1\SC(=S)N(C[C@H]2CCCO2)C1=O. The first kappa shape index (κ1) is 17.5. The molecule has 0 bridgehead atoms. The molecule has 2 heterocycles. The van der Waals surface area contributed by atoms with Crippen molar-refractivity contribution in [2.45, 2.75) is 32.3 Å². The number of para-hydroxylation sites is 1. The molecule has 2 aliphatic rings. The van der Waals surface area contributed by atoms with Crippen LogP contribution in [0.3, 0.4) is 0 Å². The van der Waals surface area contributed by atoms with Gasteiger partial charge in [0, 0.05) is 12.2 Å². The highest BCUT2D eigenvalue weighted by atomic mass is 32.2. The topological polar surface area (TPSA) is 38.8 Å². The fourth-order valence-electron chi connectivity index (χ4n) is 2.73. The number of hydrogen-bond acceptors (Lipinski definition) is 5. The van der Waals surface area contributed by atoms with Crippen LogP contribution in [0.25, 0.3) is 6.08 Å². The summed E-state index contributed by atoms with van der Waals surface area (Å²) < 4.78 is 12.0. The highest BCUT2D eigenvalue weighted by molar-refractivity contribution is 8.26. The highest BCUT2D eigenvalue weighted by Crippen LogP contribution is 2.35. The summed E-state index contributed by atoms with van der Waals surface area (Å²) in [6.07, 6.45) is 4.96. The predicted octanol–water partition coefficient (Wildman–Crippen LogP) is 3.86. The summed E-state index contributed by atoms with van der Waals surface area (Å²) in [6, 6.07) is 7.76. The van der Waals surface area contributed by atoms with Gasteiger partial charge in [0.25, 0.3) is 5.91 Å². The highest BCUT2D eigenvalue weighted by Gasteiger charge is 2.34. The lowest BCUT2D eigenvalue weighted by Crippen LogP contribution is -2.35. The van der Waals surface area contributed by atoms with Gasteiger partial charge in [-0.3, -0.25) is 9.69 Å². The third-order valence-corrected chi connectivity index (χ3v) is 5.33. The van der Waals surface area contributed by atoms with Gasteiger partial charge in [0.15, 0.2) is 0 Å². The molecule has 0 aromatic heterocycles. The molecule has 6 heteroatoms. The second kappa shape index (κ2) is 8.14. The minimum absolute atomic E-state index is 0.0363. The number of carbonyl (C=O) groups is 1. The molecule has 2 fully saturated rings. The summed E-state index contributed by atoms with van der Waals surface area (Å²) in [7, 11) is 0. The smallest absolute Gasteiger partial charge is 0.266 e. The van der Waals surface area contributed by atoms with Gasteiger partial charge in [0.05, 0.1) is 24.2 Å².